The molecule has 0 saturated heterocycles. The maximum absolute atomic E-state index is 11.8. The molecule has 0 aliphatic rings. The van der Waals surface area contributed by atoms with Crippen molar-refractivity contribution in [2.24, 2.45) is 0 Å². The molecule has 0 aliphatic carbocycles. The van der Waals surface area contributed by atoms with Gasteiger partial charge in [-0.25, -0.2) is 0 Å². The highest BCUT2D eigenvalue weighted by molar-refractivity contribution is 6.49. The zero-order chi connectivity index (χ0) is 31.9. The van der Waals surface area contributed by atoms with Crippen LogP contribution >= 0.6 is 0 Å². The Balaban J connectivity index is 0.000000183. The van der Waals surface area contributed by atoms with Gasteiger partial charge in [0, 0.05) is 22.3 Å². The standard InChI is InChI=1S/2C14H10O2.C12H18/c2*15-13(11-7-3-1-4-8-11)14(16)12-9-5-2-6-10-12;1-9(2)11-7-5-6-8-12(11)10(3)4/h2*1-10H;5-10H,1-4H3. The number of ketones is 4. The number of carbonyl (C=O) groups excluding carboxylic acids is 4. The van der Waals surface area contributed by atoms with Gasteiger partial charge in [0.2, 0.25) is 23.1 Å². The van der Waals surface area contributed by atoms with Crippen LogP contribution in [-0.2, 0) is 0 Å². The van der Waals surface area contributed by atoms with Crippen molar-refractivity contribution in [3.63, 3.8) is 0 Å². The van der Waals surface area contributed by atoms with Crippen molar-refractivity contribution in [3.05, 3.63) is 179 Å². The predicted molar refractivity (Wildman–Crippen MR) is 178 cm³/mol. The minimum atomic E-state index is -0.466. The van der Waals surface area contributed by atoms with Crippen LogP contribution in [0.5, 0.6) is 0 Å². The van der Waals surface area contributed by atoms with Crippen LogP contribution in [0.15, 0.2) is 146 Å². The van der Waals surface area contributed by atoms with Crippen molar-refractivity contribution in [1.29, 1.82) is 0 Å². The van der Waals surface area contributed by atoms with Crippen molar-refractivity contribution < 1.29 is 19.2 Å². The summed E-state index contributed by atoms with van der Waals surface area (Å²) in [4.78, 5) is 47.2. The number of rotatable bonds is 8. The topological polar surface area (TPSA) is 68.3 Å². The molecule has 4 heteroatoms. The lowest BCUT2D eigenvalue weighted by molar-refractivity contribution is 0.0817. The number of Topliss-reactive ketones (excluding diaryl/α,β-unsaturated/α-hetero) is 4. The molecule has 0 aliphatic heterocycles. The first-order valence-electron chi connectivity index (χ1n) is 14.7. The predicted octanol–water partition coefficient (Wildman–Crippen LogP) is 9.44. The fourth-order valence-corrected chi connectivity index (χ4v) is 4.44. The lowest BCUT2D eigenvalue weighted by atomic mass is 9.91. The van der Waals surface area contributed by atoms with Gasteiger partial charge in [0.05, 0.1) is 0 Å². The van der Waals surface area contributed by atoms with E-state index >= 15 is 0 Å². The molecule has 5 aromatic carbocycles. The van der Waals surface area contributed by atoms with Crippen molar-refractivity contribution >= 4 is 23.1 Å². The van der Waals surface area contributed by atoms with Gasteiger partial charge in [-0.1, -0.05) is 173 Å². The minimum Gasteiger partial charge on any atom is -0.285 e. The second-order valence-corrected chi connectivity index (χ2v) is 10.7. The zero-order valence-corrected chi connectivity index (χ0v) is 25.6. The van der Waals surface area contributed by atoms with Gasteiger partial charge < -0.3 is 0 Å². The molecular formula is C40H38O4. The van der Waals surface area contributed by atoms with E-state index in [2.05, 4.69) is 52.0 Å². The molecule has 5 rings (SSSR count). The summed E-state index contributed by atoms with van der Waals surface area (Å²) in [5.74, 6) is -0.579. The van der Waals surface area contributed by atoms with Gasteiger partial charge in [0.25, 0.3) is 0 Å². The van der Waals surface area contributed by atoms with E-state index in [0.29, 0.717) is 34.1 Å². The number of benzene rings is 5. The summed E-state index contributed by atoms with van der Waals surface area (Å²) in [6.07, 6.45) is 0. The van der Waals surface area contributed by atoms with E-state index in [-0.39, 0.29) is 0 Å². The Labute approximate surface area is 260 Å². The van der Waals surface area contributed by atoms with E-state index in [1.54, 1.807) is 97.1 Å². The van der Waals surface area contributed by atoms with Gasteiger partial charge in [0.15, 0.2) is 0 Å². The molecule has 222 valence electrons. The van der Waals surface area contributed by atoms with Crippen LogP contribution in [0.2, 0.25) is 0 Å². The van der Waals surface area contributed by atoms with E-state index in [9.17, 15) is 19.2 Å². The lowest BCUT2D eigenvalue weighted by Gasteiger charge is -2.14. The van der Waals surface area contributed by atoms with Crippen molar-refractivity contribution in [2.75, 3.05) is 0 Å². The zero-order valence-electron chi connectivity index (χ0n) is 25.6. The Hall–Kier alpha value is -5.22. The smallest absolute Gasteiger partial charge is 0.233 e. The highest BCUT2D eigenvalue weighted by atomic mass is 16.2. The minimum absolute atomic E-state index is 0.427. The van der Waals surface area contributed by atoms with Gasteiger partial charge in [-0.2, -0.15) is 0 Å². The molecule has 0 unspecified atom stereocenters. The molecule has 5 aromatic rings. The summed E-state index contributed by atoms with van der Waals surface area (Å²) in [7, 11) is 0. The van der Waals surface area contributed by atoms with Crippen LogP contribution in [-0.4, -0.2) is 23.1 Å². The van der Waals surface area contributed by atoms with Gasteiger partial charge in [-0.05, 0) is 23.0 Å². The second kappa shape index (κ2) is 17.0. The van der Waals surface area contributed by atoms with Crippen molar-refractivity contribution in [1.82, 2.24) is 0 Å². The third-order valence-corrected chi connectivity index (χ3v) is 6.80. The number of hydrogen-bond donors (Lipinski definition) is 0. The van der Waals surface area contributed by atoms with Crippen LogP contribution in [0, 0.1) is 0 Å². The highest BCUT2D eigenvalue weighted by Crippen LogP contribution is 2.25. The van der Waals surface area contributed by atoms with Crippen molar-refractivity contribution in [3.8, 4) is 0 Å². The maximum Gasteiger partial charge on any atom is 0.233 e. The summed E-state index contributed by atoms with van der Waals surface area (Å²) in [6, 6.07) is 43.0. The molecule has 0 spiro atoms. The average molecular weight is 583 g/mol. The Morgan fingerprint density at radius 1 is 0.318 bits per heavy atom. The molecule has 0 aromatic heterocycles. The van der Waals surface area contributed by atoms with E-state index < -0.39 is 23.1 Å². The first kappa shape index (κ1) is 33.3. The Kier molecular flexibility index (Phi) is 12.9. The van der Waals surface area contributed by atoms with Gasteiger partial charge >= 0.3 is 0 Å². The van der Waals surface area contributed by atoms with E-state index in [0.717, 1.165) is 0 Å². The lowest BCUT2D eigenvalue weighted by Crippen LogP contribution is -2.14. The Morgan fingerprint density at radius 3 is 0.682 bits per heavy atom. The van der Waals surface area contributed by atoms with Crippen molar-refractivity contribution in [2.45, 2.75) is 39.5 Å². The van der Waals surface area contributed by atoms with Crippen LogP contribution in [0.4, 0.5) is 0 Å². The van der Waals surface area contributed by atoms with Gasteiger partial charge in [-0.15, -0.1) is 0 Å². The van der Waals surface area contributed by atoms with Crippen LogP contribution in [0.3, 0.4) is 0 Å². The van der Waals surface area contributed by atoms with Crippen LogP contribution < -0.4 is 0 Å². The molecule has 0 fully saturated rings. The molecule has 0 heterocycles. The molecule has 0 N–H and O–H groups in total. The van der Waals surface area contributed by atoms with Gasteiger partial charge in [-0.3, -0.25) is 19.2 Å². The third kappa shape index (κ3) is 9.67. The quantitative estimate of drug-likeness (QED) is 0.135. The summed E-state index contributed by atoms with van der Waals surface area (Å²) >= 11 is 0. The monoisotopic (exact) mass is 582 g/mol. The van der Waals surface area contributed by atoms with Gasteiger partial charge in [0.1, 0.15) is 0 Å². The summed E-state index contributed by atoms with van der Waals surface area (Å²) in [6.45, 7) is 9.00. The maximum atomic E-state index is 11.8. The normalized spacial score (nSPS) is 10.1. The Bertz CT molecular complexity index is 1410. The first-order chi connectivity index (χ1) is 21.2. The van der Waals surface area contributed by atoms with E-state index in [1.165, 1.54) is 11.1 Å². The molecule has 0 radical (unpaired) electrons. The second-order valence-electron chi connectivity index (χ2n) is 10.7. The fraction of sp³-hybridized carbons (Fsp3) is 0.150. The number of carbonyl (C=O) groups is 4. The first-order valence-corrected chi connectivity index (χ1v) is 14.7. The largest absolute Gasteiger partial charge is 0.285 e. The Morgan fingerprint density at radius 2 is 0.500 bits per heavy atom. The highest BCUT2D eigenvalue weighted by Gasteiger charge is 2.18. The third-order valence-electron chi connectivity index (χ3n) is 6.80. The summed E-state index contributed by atoms with van der Waals surface area (Å²) < 4.78 is 0. The SMILES string of the molecule is CC(C)c1ccccc1C(C)C.O=C(C(=O)c1ccccc1)c1ccccc1.O=C(C(=O)c1ccccc1)c1ccccc1. The fourth-order valence-electron chi connectivity index (χ4n) is 4.44. The molecule has 0 bridgehead atoms. The van der Waals surface area contributed by atoms with Crippen LogP contribution in [0.25, 0.3) is 0 Å². The number of hydrogen-bond acceptors (Lipinski definition) is 4. The van der Waals surface area contributed by atoms with Crippen LogP contribution in [0.1, 0.15) is 92.1 Å². The molecule has 0 atom stereocenters. The molecule has 0 saturated carbocycles. The molecule has 44 heavy (non-hydrogen) atoms. The van der Waals surface area contributed by atoms with E-state index in [4.69, 9.17) is 0 Å². The molecule has 0 amide bonds. The summed E-state index contributed by atoms with van der Waals surface area (Å²) in [5, 5.41) is 0. The molecular weight excluding hydrogens is 544 g/mol. The summed E-state index contributed by atoms with van der Waals surface area (Å²) in [5.41, 5.74) is 4.69. The molecule has 4 nitrogen and oxygen atoms in total. The van der Waals surface area contributed by atoms with E-state index in [1.807, 2.05) is 24.3 Å². The average Bonchev–Trinajstić information content (AvgIpc) is 3.09.